The summed E-state index contributed by atoms with van der Waals surface area (Å²) in [4.78, 5) is 16.6. The molecule has 0 fully saturated rings. The molecule has 0 aliphatic carbocycles. The molecule has 0 radical (unpaired) electrons. The van der Waals surface area contributed by atoms with Gasteiger partial charge in [0, 0.05) is 16.8 Å². The molecule has 9 heteroatoms. The third kappa shape index (κ3) is 5.23. The first-order valence-corrected chi connectivity index (χ1v) is 9.04. The van der Waals surface area contributed by atoms with Crippen molar-refractivity contribution in [2.45, 2.75) is 20.2 Å². The summed E-state index contributed by atoms with van der Waals surface area (Å²) >= 11 is 1.21. The molecule has 2 aromatic carbocycles. The van der Waals surface area contributed by atoms with Crippen molar-refractivity contribution >= 4 is 33.8 Å². The van der Waals surface area contributed by atoms with E-state index in [2.05, 4.69) is 20.4 Å². The van der Waals surface area contributed by atoms with Crippen molar-refractivity contribution in [2.75, 3.05) is 10.6 Å². The van der Waals surface area contributed by atoms with Gasteiger partial charge in [-0.1, -0.05) is 17.7 Å². The van der Waals surface area contributed by atoms with Crippen LogP contribution in [0.15, 0.2) is 47.8 Å². The summed E-state index contributed by atoms with van der Waals surface area (Å²) < 4.78 is 40.4. The lowest BCUT2D eigenvalue weighted by Gasteiger charge is -2.09. The maximum Gasteiger partial charge on any atom is 0.573 e. The van der Waals surface area contributed by atoms with Crippen molar-refractivity contribution in [3.63, 3.8) is 0 Å². The number of carbonyl (C=O) groups is 1. The maximum absolute atomic E-state index is 12.4. The number of aromatic nitrogens is 1. The Bertz CT molecular complexity index is 985. The Morgan fingerprint density at radius 1 is 1.11 bits per heavy atom. The summed E-state index contributed by atoms with van der Waals surface area (Å²) in [7, 11) is 0. The minimum absolute atomic E-state index is 0.240. The van der Waals surface area contributed by atoms with E-state index in [4.69, 9.17) is 0 Å². The van der Waals surface area contributed by atoms with Gasteiger partial charge in [0.2, 0.25) is 0 Å². The second-order valence-corrected chi connectivity index (χ2v) is 6.87. The zero-order valence-electron chi connectivity index (χ0n) is 14.9. The fourth-order valence-corrected chi connectivity index (χ4v) is 3.15. The van der Waals surface area contributed by atoms with Gasteiger partial charge >= 0.3 is 6.36 Å². The molecule has 0 aliphatic heterocycles. The van der Waals surface area contributed by atoms with Gasteiger partial charge in [0.05, 0.1) is 0 Å². The first kappa shape index (κ1) is 19.7. The lowest BCUT2D eigenvalue weighted by molar-refractivity contribution is -0.274. The van der Waals surface area contributed by atoms with Gasteiger partial charge in [-0.05, 0) is 49.7 Å². The fourth-order valence-electron chi connectivity index (χ4n) is 2.44. The number of hydrogen-bond acceptors (Lipinski definition) is 5. The normalized spacial score (nSPS) is 11.2. The number of alkyl halides is 3. The van der Waals surface area contributed by atoms with Gasteiger partial charge in [-0.15, -0.1) is 24.5 Å². The van der Waals surface area contributed by atoms with E-state index in [1.165, 1.54) is 35.6 Å². The number of thiazole rings is 1. The van der Waals surface area contributed by atoms with Crippen LogP contribution in [-0.4, -0.2) is 17.3 Å². The Labute approximate surface area is 163 Å². The van der Waals surface area contributed by atoms with E-state index >= 15 is 0 Å². The van der Waals surface area contributed by atoms with Gasteiger partial charge in [0.25, 0.3) is 5.91 Å². The zero-order valence-corrected chi connectivity index (χ0v) is 15.7. The molecular formula is C19H16F3N3O2S. The average molecular weight is 407 g/mol. The molecule has 0 spiro atoms. The number of hydrogen-bond donors (Lipinski definition) is 2. The summed E-state index contributed by atoms with van der Waals surface area (Å²) in [5.74, 6) is -0.657. The van der Waals surface area contributed by atoms with Gasteiger partial charge in [-0.25, -0.2) is 4.98 Å². The number of rotatable bonds is 5. The van der Waals surface area contributed by atoms with Crippen molar-refractivity contribution in [1.29, 1.82) is 0 Å². The summed E-state index contributed by atoms with van der Waals surface area (Å²) in [6, 6.07) is 10.9. The van der Waals surface area contributed by atoms with Crippen LogP contribution in [-0.2, 0) is 0 Å². The van der Waals surface area contributed by atoms with Gasteiger partial charge in [-0.2, -0.15) is 0 Å². The fraction of sp³-hybridized carbons (Fsp3) is 0.158. The molecule has 1 heterocycles. The van der Waals surface area contributed by atoms with Crippen molar-refractivity contribution in [2.24, 2.45) is 0 Å². The quantitative estimate of drug-likeness (QED) is 0.573. The first-order valence-electron chi connectivity index (χ1n) is 8.16. The van der Waals surface area contributed by atoms with Crippen LogP contribution in [0.4, 0.5) is 29.7 Å². The number of nitrogens with zero attached hydrogens (tertiary/aromatic N) is 1. The Kier molecular flexibility index (Phi) is 5.55. The number of benzene rings is 2. The Morgan fingerprint density at radius 2 is 1.82 bits per heavy atom. The molecule has 1 amide bonds. The zero-order chi connectivity index (χ0) is 20.3. The van der Waals surface area contributed by atoms with Crippen molar-refractivity contribution < 1.29 is 22.7 Å². The van der Waals surface area contributed by atoms with Crippen molar-refractivity contribution in [3.8, 4) is 5.75 Å². The highest BCUT2D eigenvalue weighted by atomic mass is 32.1. The van der Waals surface area contributed by atoms with Crippen LogP contribution >= 0.6 is 11.3 Å². The first-order chi connectivity index (χ1) is 13.2. The van der Waals surface area contributed by atoms with Crippen LogP contribution in [0, 0.1) is 13.8 Å². The Morgan fingerprint density at radius 3 is 2.46 bits per heavy atom. The molecule has 28 heavy (non-hydrogen) atoms. The molecule has 2 N–H and O–H groups in total. The van der Waals surface area contributed by atoms with Crippen LogP contribution in [0.1, 0.15) is 21.6 Å². The van der Waals surface area contributed by atoms with Gasteiger partial charge < -0.3 is 15.4 Å². The molecule has 0 saturated carbocycles. The van der Waals surface area contributed by atoms with E-state index in [9.17, 15) is 18.0 Å². The van der Waals surface area contributed by atoms with E-state index in [-0.39, 0.29) is 17.4 Å². The summed E-state index contributed by atoms with van der Waals surface area (Å²) in [6.45, 7) is 3.88. The Hall–Kier alpha value is -3.07. The second kappa shape index (κ2) is 7.89. The SMILES string of the molecule is Cc1ccc(NC(=O)c2csc(Nc3ccc(OC(F)(F)F)cc3)n2)c(C)c1. The van der Waals surface area contributed by atoms with Crippen molar-refractivity contribution in [1.82, 2.24) is 4.98 Å². The number of aryl methyl sites for hydroxylation is 2. The molecule has 146 valence electrons. The topological polar surface area (TPSA) is 63.2 Å². The molecule has 3 rings (SSSR count). The standard InChI is InChI=1S/C19H16F3N3O2S/c1-11-3-8-15(12(2)9-11)24-17(26)16-10-28-18(25-16)23-13-4-6-14(7-5-13)27-19(20,21)22/h3-10H,1-2H3,(H,23,25)(H,24,26). The number of anilines is 3. The van der Waals surface area contributed by atoms with E-state index in [0.717, 1.165) is 11.1 Å². The molecule has 0 unspecified atom stereocenters. The van der Waals surface area contributed by atoms with Crippen LogP contribution in [0.2, 0.25) is 0 Å². The number of amides is 1. The highest BCUT2D eigenvalue weighted by Gasteiger charge is 2.30. The second-order valence-electron chi connectivity index (χ2n) is 6.01. The summed E-state index contributed by atoms with van der Waals surface area (Å²) in [5, 5.41) is 7.80. The number of nitrogens with one attached hydrogen (secondary N) is 2. The lowest BCUT2D eigenvalue weighted by Crippen LogP contribution is -2.16. The minimum atomic E-state index is -4.73. The van der Waals surface area contributed by atoms with Crippen LogP contribution in [0.5, 0.6) is 5.75 Å². The number of carbonyl (C=O) groups excluding carboxylic acids is 1. The highest BCUT2D eigenvalue weighted by molar-refractivity contribution is 7.14. The molecule has 0 saturated heterocycles. The van der Waals surface area contributed by atoms with Crippen LogP contribution < -0.4 is 15.4 Å². The van der Waals surface area contributed by atoms with E-state index in [1.807, 2.05) is 32.0 Å². The predicted molar refractivity (Wildman–Crippen MR) is 102 cm³/mol. The third-order valence-corrected chi connectivity index (χ3v) is 4.46. The summed E-state index contributed by atoms with van der Waals surface area (Å²) in [6.07, 6.45) is -4.73. The minimum Gasteiger partial charge on any atom is -0.406 e. The largest absolute Gasteiger partial charge is 0.573 e. The van der Waals surface area contributed by atoms with Gasteiger partial charge in [-0.3, -0.25) is 4.79 Å². The molecule has 0 bridgehead atoms. The summed E-state index contributed by atoms with van der Waals surface area (Å²) in [5.41, 5.74) is 3.51. The molecule has 5 nitrogen and oxygen atoms in total. The maximum atomic E-state index is 12.4. The molecule has 1 aromatic heterocycles. The van der Waals surface area contributed by atoms with Gasteiger partial charge in [0.1, 0.15) is 11.4 Å². The van der Waals surface area contributed by atoms with Crippen LogP contribution in [0.3, 0.4) is 0 Å². The van der Waals surface area contributed by atoms with E-state index in [1.54, 1.807) is 5.38 Å². The predicted octanol–water partition coefficient (Wildman–Crippen LogP) is 5.65. The molecule has 0 aliphatic rings. The molecule has 0 atom stereocenters. The lowest BCUT2D eigenvalue weighted by atomic mass is 10.1. The highest BCUT2D eigenvalue weighted by Crippen LogP contribution is 2.26. The van der Waals surface area contributed by atoms with Crippen molar-refractivity contribution in [3.05, 3.63) is 64.7 Å². The smallest absolute Gasteiger partial charge is 0.406 e. The van der Waals surface area contributed by atoms with E-state index < -0.39 is 6.36 Å². The average Bonchev–Trinajstić information content (AvgIpc) is 3.06. The monoisotopic (exact) mass is 407 g/mol. The number of halogens is 3. The molecule has 3 aromatic rings. The van der Waals surface area contributed by atoms with E-state index in [0.29, 0.717) is 16.5 Å². The number of ether oxygens (including phenoxy) is 1. The van der Waals surface area contributed by atoms with Crippen LogP contribution in [0.25, 0.3) is 0 Å². The Balaban J connectivity index is 1.64. The van der Waals surface area contributed by atoms with Gasteiger partial charge in [0.15, 0.2) is 5.13 Å². The third-order valence-electron chi connectivity index (χ3n) is 3.71. The molecular weight excluding hydrogens is 391 g/mol.